The van der Waals surface area contributed by atoms with Crippen LogP contribution in [0.15, 0.2) is 0 Å². The van der Waals surface area contributed by atoms with Gasteiger partial charge in [0.25, 0.3) is 0 Å². The monoisotopic (exact) mass is 334 g/mol. The summed E-state index contributed by atoms with van der Waals surface area (Å²) in [6, 6.07) is 0. The normalized spacial score (nSPS) is 18.2. The van der Waals surface area contributed by atoms with E-state index < -0.39 is 0 Å². The maximum atomic E-state index is 7.82. The molecule has 0 aromatic carbocycles. The van der Waals surface area contributed by atoms with Gasteiger partial charge in [0.05, 0.1) is 11.7 Å². The van der Waals surface area contributed by atoms with Crippen LogP contribution in [0.1, 0.15) is 89.9 Å². The number of amidine groups is 2. The molecule has 138 valence electrons. The first kappa shape index (κ1) is 19.3. The average Bonchev–Trinajstić information content (AvgIpc) is 3.17. The molecule has 2 heterocycles. The minimum absolute atomic E-state index is 0.872. The SMILES string of the molecule is N=C1CCCN1CCCCCCCCCCCCN1CCCC1=N. The van der Waals surface area contributed by atoms with E-state index in [2.05, 4.69) is 9.80 Å². The summed E-state index contributed by atoms with van der Waals surface area (Å²) in [7, 11) is 0. The first-order valence-corrected chi connectivity index (χ1v) is 10.4. The van der Waals surface area contributed by atoms with Crippen molar-refractivity contribution in [3.8, 4) is 0 Å². The highest BCUT2D eigenvalue weighted by Gasteiger charge is 2.16. The number of hydrogen-bond acceptors (Lipinski definition) is 2. The Bertz CT molecular complexity index is 344. The third kappa shape index (κ3) is 7.23. The number of nitrogens with one attached hydrogen (secondary N) is 2. The third-order valence-corrected chi connectivity index (χ3v) is 5.55. The molecular formula is C20H38N4. The molecule has 2 fully saturated rings. The predicted octanol–water partition coefficient (Wildman–Crippen LogP) is 5.03. The summed E-state index contributed by atoms with van der Waals surface area (Å²) in [6.45, 7) is 4.48. The van der Waals surface area contributed by atoms with Gasteiger partial charge in [-0.3, -0.25) is 10.8 Å². The lowest BCUT2D eigenvalue weighted by Crippen LogP contribution is -2.25. The largest absolute Gasteiger partial charge is 0.361 e. The molecule has 2 aliphatic rings. The lowest BCUT2D eigenvalue weighted by molar-refractivity contribution is 0.421. The van der Waals surface area contributed by atoms with Crippen molar-refractivity contribution < 1.29 is 0 Å². The number of likely N-dealkylation sites (tertiary alicyclic amines) is 2. The zero-order chi connectivity index (χ0) is 17.0. The highest BCUT2D eigenvalue weighted by molar-refractivity contribution is 5.81. The van der Waals surface area contributed by atoms with Gasteiger partial charge >= 0.3 is 0 Å². The highest BCUT2D eigenvalue weighted by atomic mass is 15.2. The van der Waals surface area contributed by atoms with Gasteiger partial charge in [-0.05, 0) is 25.7 Å². The fourth-order valence-electron chi connectivity index (χ4n) is 3.97. The molecule has 0 aliphatic carbocycles. The molecule has 0 radical (unpaired) electrons. The average molecular weight is 335 g/mol. The number of rotatable bonds is 13. The van der Waals surface area contributed by atoms with Crippen LogP contribution >= 0.6 is 0 Å². The van der Waals surface area contributed by atoms with E-state index in [1.807, 2.05) is 0 Å². The van der Waals surface area contributed by atoms with Crippen molar-refractivity contribution in [3.63, 3.8) is 0 Å². The molecular weight excluding hydrogens is 296 g/mol. The Morgan fingerprint density at radius 3 is 1.17 bits per heavy atom. The van der Waals surface area contributed by atoms with E-state index in [4.69, 9.17) is 10.8 Å². The van der Waals surface area contributed by atoms with Crippen LogP contribution in [0.2, 0.25) is 0 Å². The Morgan fingerprint density at radius 1 is 0.542 bits per heavy atom. The molecule has 0 spiro atoms. The molecule has 0 unspecified atom stereocenters. The second-order valence-corrected chi connectivity index (χ2v) is 7.61. The van der Waals surface area contributed by atoms with E-state index in [9.17, 15) is 0 Å². The molecule has 0 amide bonds. The summed E-state index contributed by atoms with van der Waals surface area (Å²) in [5.41, 5.74) is 0. The van der Waals surface area contributed by atoms with Crippen molar-refractivity contribution in [1.29, 1.82) is 10.8 Å². The molecule has 2 aliphatic heterocycles. The molecule has 0 aromatic rings. The zero-order valence-corrected chi connectivity index (χ0v) is 15.6. The van der Waals surface area contributed by atoms with Crippen LogP contribution in [0.4, 0.5) is 0 Å². The summed E-state index contributed by atoms with van der Waals surface area (Å²) >= 11 is 0. The minimum atomic E-state index is 0.872. The third-order valence-electron chi connectivity index (χ3n) is 5.55. The van der Waals surface area contributed by atoms with Crippen LogP contribution in [0.25, 0.3) is 0 Å². The van der Waals surface area contributed by atoms with E-state index in [1.54, 1.807) is 0 Å². The number of hydrogen-bond donors (Lipinski definition) is 2. The van der Waals surface area contributed by atoms with E-state index in [1.165, 1.54) is 77.0 Å². The molecule has 2 N–H and O–H groups in total. The van der Waals surface area contributed by atoms with Gasteiger partial charge in [0.2, 0.25) is 0 Å². The van der Waals surface area contributed by atoms with Gasteiger partial charge in [-0.15, -0.1) is 0 Å². The van der Waals surface area contributed by atoms with Crippen molar-refractivity contribution in [2.75, 3.05) is 26.2 Å². The first-order valence-electron chi connectivity index (χ1n) is 10.4. The Labute approximate surface area is 149 Å². The van der Waals surface area contributed by atoms with Crippen LogP contribution in [0.5, 0.6) is 0 Å². The predicted molar refractivity (Wildman–Crippen MR) is 103 cm³/mol. The van der Waals surface area contributed by atoms with Crippen LogP contribution in [0, 0.1) is 10.8 Å². The van der Waals surface area contributed by atoms with Gasteiger partial charge in [0, 0.05) is 39.0 Å². The standard InChI is InChI=1S/C20H38N4/c21-19-13-11-17-23(19)15-9-7-5-3-1-2-4-6-8-10-16-24-18-12-14-20(24)22/h21-22H,1-18H2. The van der Waals surface area contributed by atoms with E-state index >= 15 is 0 Å². The minimum Gasteiger partial charge on any atom is -0.361 e. The zero-order valence-electron chi connectivity index (χ0n) is 15.6. The van der Waals surface area contributed by atoms with Crippen molar-refractivity contribution in [2.24, 2.45) is 0 Å². The summed E-state index contributed by atoms with van der Waals surface area (Å²) < 4.78 is 0. The van der Waals surface area contributed by atoms with Gasteiger partial charge in [-0.1, -0.05) is 51.4 Å². The Kier molecular flexibility index (Phi) is 9.22. The van der Waals surface area contributed by atoms with E-state index in [-0.39, 0.29) is 0 Å². The smallest absolute Gasteiger partial charge is 0.0958 e. The molecule has 4 nitrogen and oxygen atoms in total. The molecule has 2 saturated heterocycles. The summed E-state index contributed by atoms with van der Waals surface area (Å²) in [5, 5.41) is 15.6. The van der Waals surface area contributed by atoms with Crippen molar-refractivity contribution >= 4 is 11.7 Å². The maximum absolute atomic E-state index is 7.82. The molecule has 4 heteroatoms. The lowest BCUT2D eigenvalue weighted by Gasteiger charge is -2.17. The summed E-state index contributed by atoms with van der Waals surface area (Å²) in [4.78, 5) is 4.53. The van der Waals surface area contributed by atoms with Crippen LogP contribution in [-0.4, -0.2) is 47.7 Å². The number of unbranched alkanes of at least 4 members (excludes halogenated alkanes) is 9. The van der Waals surface area contributed by atoms with Crippen LogP contribution in [0.3, 0.4) is 0 Å². The van der Waals surface area contributed by atoms with Crippen LogP contribution in [-0.2, 0) is 0 Å². The van der Waals surface area contributed by atoms with Crippen LogP contribution < -0.4 is 0 Å². The van der Waals surface area contributed by atoms with Gasteiger partial charge < -0.3 is 9.80 Å². The molecule has 24 heavy (non-hydrogen) atoms. The lowest BCUT2D eigenvalue weighted by atomic mass is 10.1. The van der Waals surface area contributed by atoms with Crippen molar-refractivity contribution in [3.05, 3.63) is 0 Å². The van der Waals surface area contributed by atoms with Crippen molar-refractivity contribution in [1.82, 2.24) is 9.80 Å². The summed E-state index contributed by atoms with van der Waals surface area (Å²) in [6.07, 6.45) is 17.9. The summed E-state index contributed by atoms with van der Waals surface area (Å²) in [5.74, 6) is 1.74. The fourth-order valence-corrected chi connectivity index (χ4v) is 3.97. The molecule has 2 rings (SSSR count). The van der Waals surface area contributed by atoms with Crippen molar-refractivity contribution in [2.45, 2.75) is 89.9 Å². The van der Waals surface area contributed by atoms with Gasteiger partial charge in [-0.2, -0.15) is 0 Å². The highest BCUT2D eigenvalue weighted by Crippen LogP contribution is 2.15. The Hall–Kier alpha value is -1.06. The molecule has 0 aromatic heterocycles. The molecule has 0 bridgehead atoms. The Balaban J connectivity index is 1.28. The first-order chi connectivity index (χ1) is 11.8. The second kappa shape index (κ2) is 11.5. The molecule has 0 atom stereocenters. The van der Waals surface area contributed by atoms with E-state index in [0.29, 0.717) is 0 Å². The van der Waals surface area contributed by atoms with Gasteiger partial charge in [0.1, 0.15) is 0 Å². The number of nitrogens with zero attached hydrogens (tertiary/aromatic N) is 2. The second-order valence-electron chi connectivity index (χ2n) is 7.61. The van der Waals surface area contributed by atoms with E-state index in [0.717, 1.165) is 50.7 Å². The van der Waals surface area contributed by atoms with Gasteiger partial charge in [0.15, 0.2) is 0 Å². The quantitative estimate of drug-likeness (QED) is 0.464. The van der Waals surface area contributed by atoms with Gasteiger partial charge in [-0.25, -0.2) is 0 Å². The maximum Gasteiger partial charge on any atom is 0.0958 e. The molecule has 0 saturated carbocycles. The Morgan fingerprint density at radius 2 is 0.875 bits per heavy atom. The fraction of sp³-hybridized carbons (Fsp3) is 0.900. The topological polar surface area (TPSA) is 54.2 Å².